The molecule has 0 fully saturated rings. The average Bonchev–Trinajstić information content (AvgIpc) is 3.31. The maximum Gasteiger partial charge on any atom is 0.225 e. The largest absolute Gasteiger partial charge is 0.354 e. The lowest BCUT2D eigenvalue weighted by Gasteiger charge is -2.12. The van der Waals surface area contributed by atoms with Gasteiger partial charge >= 0.3 is 0 Å². The third-order valence-corrected chi connectivity index (χ3v) is 5.03. The molecular weight excluding hydrogens is 386 g/mol. The molecule has 0 bridgehead atoms. The highest BCUT2D eigenvalue weighted by Crippen LogP contribution is 2.32. The first-order chi connectivity index (χ1) is 14.4. The summed E-state index contributed by atoms with van der Waals surface area (Å²) in [5, 5.41) is 7.82. The molecule has 2 aromatic carbocycles. The van der Waals surface area contributed by atoms with E-state index in [1.165, 1.54) is 24.3 Å². The van der Waals surface area contributed by atoms with Gasteiger partial charge in [0.05, 0.1) is 6.20 Å². The van der Waals surface area contributed by atoms with Crippen molar-refractivity contribution in [2.24, 2.45) is 0 Å². The second kappa shape index (κ2) is 8.10. The molecule has 0 aliphatic rings. The van der Waals surface area contributed by atoms with E-state index < -0.39 is 0 Å². The van der Waals surface area contributed by atoms with Crippen LogP contribution in [0.15, 0.2) is 54.7 Å². The fourth-order valence-corrected chi connectivity index (χ4v) is 3.61. The van der Waals surface area contributed by atoms with Gasteiger partial charge in [0.1, 0.15) is 17.5 Å². The highest BCUT2D eigenvalue weighted by atomic mass is 19.1. The molecule has 4 rings (SSSR count). The van der Waals surface area contributed by atoms with Crippen LogP contribution in [0.1, 0.15) is 31.9 Å². The van der Waals surface area contributed by atoms with Crippen molar-refractivity contribution in [3.63, 3.8) is 0 Å². The minimum absolute atomic E-state index is 0.122. The summed E-state index contributed by atoms with van der Waals surface area (Å²) < 4.78 is 29.0. The van der Waals surface area contributed by atoms with Gasteiger partial charge in [0.2, 0.25) is 5.91 Å². The smallest absolute Gasteiger partial charge is 0.225 e. The summed E-state index contributed by atoms with van der Waals surface area (Å²) in [7, 11) is 0. The predicted octanol–water partition coefficient (Wildman–Crippen LogP) is 5.46. The number of benzene rings is 2. The number of hydrogen-bond acceptors (Lipinski definition) is 2. The Kier molecular flexibility index (Phi) is 5.35. The van der Waals surface area contributed by atoms with Crippen LogP contribution in [0, 0.1) is 11.6 Å². The fraction of sp³-hybridized carbons (Fsp3) is 0.217. The highest BCUT2D eigenvalue weighted by Gasteiger charge is 2.16. The Balaban J connectivity index is 1.61. The number of rotatable bonds is 6. The molecule has 0 aliphatic heterocycles. The third kappa shape index (κ3) is 3.96. The van der Waals surface area contributed by atoms with Gasteiger partial charge in [-0.05, 0) is 73.9 Å². The van der Waals surface area contributed by atoms with Gasteiger partial charge in [0.25, 0.3) is 0 Å². The molecule has 0 spiro atoms. The number of halogens is 2. The zero-order chi connectivity index (χ0) is 21.3. The molecule has 0 atom stereocenters. The molecule has 7 heteroatoms. The van der Waals surface area contributed by atoms with Crippen molar-refractivity contribution in [1.82, 2.24) is 14.8 Å². The van der Waals surface area contributed by atoms with Crippen molar-refractivity contribution in [3.05, 3.63) is 71.9 Å². The maximum absolute atomic E-state index is 13.9. The topological polar surface area (TPSA) is 62.7 Å². The van der Waals surface area contributed by atoms with Gasteiger partial charge in [-0.2, -0.15) is 5.10 Å². The molecule has 154 valence electrons. The summed E-state index contributed by atoms with van der Waals surface area (Å²) in [5.74, 6) is -0.200. The van der Waals surface area contributed by atoms with E-state index in [0.29, 0.717) is 17.6 Å². The van der Waals surface area contributed by atoms with E-state index in [9.17, 15) is 13.6 Å². The minimum Gasteiger partial charge on any atom is -0.354 e. The number of aromatic amines is 1. The van der Waals surface area contributed by atoms with Crippen molar-refractivity contribution < 1.29 is 13.6 Å². The molecule has 1 amide bonds. The second-order valence-electron chi connectivity index (χ2n) is 7.48. The number of hydrogen-bond donors (Lipinski definition) is 2. The molecule has 30 heavy (non-hydrogen) atoms. The number of aryl methyl sites for hydroxylation is 1. The number of H-pyrrole nitrogens is 1. The Bertz CT molecular complexity index is 1190. The van der Waals surface area contributed by atoms with Crippen LogP contribution in [0.5, 0.6) is 0 Å². The van der Waals surface area contributed by atoms with Crippen LogP contribution in [0.3, 0.4) is 0 Å². The monoisotopic (exact) mass is 408 g/mol. The van der Waals surface area contributed by atoms with Crippen LogP contribution in [0.2, 0.25) is 0 Å². The standard InChI is InChI=1S/C23H22F2N4O/c1-14(2)29-21(11-12-26-29)28-22(30)10-8-18-19-13-17(25)7-9-20(19)27-23(18)15-3-5-16(24)6-4-15/h3-7,9,11-14,27H,8,10H2,1-2H3,(H,28,30). The Labute approximate surface area is 172 Å². The minimum atomic E-state index is -0.348. The lowest BCUT2D eigenvalue weighted by atomic mass is 10.0. The SMILES string of the molecule is CC(C)n1nccc1NC(=O)CCc1c(-c2ccc(F)cc2)[nH]c2ccc(F)cc12. The van der Waals surface area contributed by atoms with Gasteiger partial charge in [-0.3, -0.25) is 4.79 Å². The van der Waals surface area contributed by atoms with E-state index in [-0.39, 0.29) is 30.0 Å². The first-order valence-corrected chi connectivity index (χ1v) is 9.82. The zero-order valence-corrected chi connectivity index (χ0v) is 16.7. The molecule has 0 unspecified atom stereocenters. The van der Waals surface area contributed by atoms with Gasteiger partial charge < -0.3 is 10.3 Å². The number of anilines is 1. The van der Waals surface area contributed by atoms with Crippen molar-refractivity contribution in [1.29, 1.82) is 0 Å². The van der Waals surface area contributed by atoms with Gasteiger partial charge in [-0.15, -0.1) is 0 Å². The van der Waals surface area contributed by atoms with E-state index in [2.05, 4.69) is 15.4 Å². The molecule has 2 heterocycles. The van der Waals surface area contributed by atoms with Gasteiger partial charge in [-0.25, -0.2) is 13.5 Å². The van der Waals surface area contributed by atoms with Crippen LogP contribution in [-0.4, -0.2) is 20.7 Å². The number of nitrogens with zero attached hydrogens (tertiary/aromatic N) is 2. The summed E-state index contributed by atoms with van der Waals surface area (Å²) in [4.78, 5) is 15.9. The average molecular weight is 408 g/mol. The molecule has 0 saturated heterocycles. The molecular formula is C23H22F2N4O. The third-order valence-electron chi connectivity index (χ3n) is 5.03. The maximum atomic E-state index is 13.9. The molecule has 4 aromatic rings. The van der Waals surface area contributed by atoms with Crippen LogP contribution in [0.4, 0.5) is 14.6 Å². The van der Waals surface area contributed by atoms with Crippen LogP contribution >= 0.6 is 0 Å². The molecule has 0 radical (unpaired) electrons. The van der Waals surface area contributed by atoms with Gasteiger partial charge in [0.15, 0.2) is 0 Å². The molecule has 2 N–H and O–H groups in total. The van der Waals surface area contributed by atoms with Crippen LogP contribution in [-0.2, 0) is 11.2 Å². The van der Waals surface area contributed by atoms with Crippen molar-refractivity contribution in [2.75, 3.05) is 5.32 Å². The Morgan fingerprint density at radius 2 is 1.83 bits per heavy atom. The lowest BCUT2D eigenvalue weighted by Crippen LogP contribution is -2.17. The van der Waals surface area contributed by atoms with E-state index in [0.717, 1.165) is 22.3 Å². The van der Waals surface area contributed by atoms with Crippen molar-refractivity contribution in [3.8, 4) is 11.3 Å². The zero-order valence-electron chi connectivity index (χ0n) is 16.7. The summed E-state index contributed by atoms with van der Waals surface area (Å²) in [5.41, 5.74) is 3.13. The van der Waals surface area contributed by atoms with Crippen molar-refractivity contribution in [2.45, 2.75) is 32.7 Å². The van der Waals surface area contributed by atoms with E-state index in [4.69, 9.17) is 0 Å². The fourth-order valence-electron chi connectivity index (χ4n) is 3.61. The normalized spacial score (nSPS) is 11.4. The van der Waals surface area contributed by atoms with Crippen molar-refractivity contribution >= 4 is 22.6 Å². The Hall–Kier alpha value is -3.48. The van der Waals surface area contributed by atoms with E-state index in [1.54, 1.807) is 35.1 Å². The number of aromatic nitrogens is 3. The Morgan fingerprint density at radius 3 is 2.57 bits per heavy atom. The number of nitrogens with one attached hydrogen (secondary N) is 2. The number of fused-ring (bicyclic) bond motifs is 1. The number of carbonyl (C=O) groups excluding carboxylic acids is 1. The first kappa shape index (κ1) is 19.8. The summed E-state index contributed by atoms with van der Waals surface area (Å²) in [6.45, 7) is 3.97. The van der Waals surface area contributed by atoms with Gasteiger partial charge in [0, 0.05) is 35.1 Å². The molecule has 5 nitrogen and oxygen atoms in total. The summed E-state index contributed by atoms with van der Waals surface area (Å²) in [6.07, 6.45) is 2.25. The number of carbonyl (C=O) groups is 1. The van der Waals surface area contributed by atoms with Gasteiger partial charge in [-0.1, -0.05) is 0 Å². The first-order valence-electron chi connectivity index (χ1n) is 9.82. The number of amides is 1. The van der Waals surface area contributed by atoms with Crippen LogP contribution < -0.4 is 5.32 Å². The predicted molar refractivity (Wildman–Crippen MR) is 113 cm³/mol. The summed E-state index contributed by atoms with van der Waals surface area (Å²) in [6, 6.07) is 12.5. The quantitative estimate of drug-likeness (QED) is 0.445. The second-order valence-corrected chi connectivity index (χ2v) is 7.48. The van der Waals surface area contributed by atoms with Crippen LogP contribution in [0.25, 0.3) is 22.2 Å². The van der Waals surface area contributed by atoms with E-state index >= 15 is 0 Å². The molecule has 0 aliphatic carbocycles. The Morgan fingerprint density at radius 1 is 1.10 bits per heavy atom. The molecule has 0 saturated carbocycles. The summed E-state index contributed by atoms with van der Waals surface area (Å²) >= 11 is 0. The lowest BCUT2D eigenvalue weighted by molar-refractivity contribution is -0.116. The molecule has 2 aromatic heterocycles. The highest BCUT2D eigenvalue weighted by molar-refractivity contribution is 5.93. The van der Waals surface area contributed by atoms with E-state index in [1.807, 2.05) is 13.8 Å².